The van der Waals surface area contributed by atoms with Gasteiger partial charge in [0.25, 0.3) is 0 Å². The van der Waals surface area contributed by atoms with Crippen LogP contribution in [0, 0.1) is 6.92 Å². The van der Waals surface area contributed by atoms with E-state index < -0.39 is 0 Å². The minimum Gasteiger partial charge on any atom is -0.317 e. The summed E-state index contributed by atoms with van der Waals surface area (Å²) in [6.07, 6.45) is 1.09. The molecule has 1 N–H and O–H groups in total. The molecule has 0 saturated carbocycles. The Kier molecular flexibility index (Phi) is 5.06. The average molecular weight is 235 g/mol. The van der Waals surface area contributed by atoms with Crippen molar-refractivity contribution in [1.82, 2.24) is 15.3 Å². The number of likely N-dealkylation sites (N-methyl/N-ethyl adjacent to an activating group) is 1. The fraction of sp³-hybridized carbons (Fsp3) is 0.714. The van der Waals surface area contributed by atoms with Crippen LogP contribution in [0.1, 0.15) is 63.2 Å². The third kappa shape index (κ3) is 3.50. The van der Waals surface area contributed by atoms with Crippen LogP contribution in [0.15, 0.2) is 6.07 Å². The zero-order valence-electron chi connectivity index (χ0n) is 11.9. The topological polar surface area (TPSA) is 37.8 Å². The summed E-state index contributed by atoms with van der Waals surface area (Å²) in [5.41, 5.74) is 2.24. The number of aromatic nitrogens is 2. The van der Waals surface area contributed by atoms with E-state index in [1.807, 2.05) is 14.0 Å². The monoisotopic (exact) mass is 235 g/mol. The van der Waals surface area contributed by atoms with Crippen molar-refractivity contribution in [2.75, 3.05) is 7.05 Å². The lowest BCUT2D eigenvalue weighted by molar-refractivity contribution is 0.471. The molecule has 0 aliphatic rings. The minimum absolute atomic E-state index is 0.385. The Morgan fingerprint density at radius 3 is 2.35 bits per heavy atom. The quantitative estimate of drug-likeness (QED) is 0.852. The largest absolute Gasteiger partial charge is 0.317 e. The maximum atomic E-state index is 4.72. The molecule has 0 bridgehead atoms. The molecule has 96 valence electrons. The van der Waals surface area contributed by atoms with Crippen molar-refractivity contribution in [3.8, 4) is 0 Å². The van der Waals surface area contributed by atoms with Crippen LogP contribution in [0.25, 0.3) is 0 Å². The Bertz CT molecular complexity index is 360. The predicted octanol–water partition coefficient (Wildman–Crippen LogP) is 3.01. The van der Waals surface area contributed by atoms with E-state index >= 15 is 0 Å². The second-order valence-corrected chi connectivity index (χ2v) is 5.04. The van der Waals surface area contributed by atoms with Crippen molar-refractivity contribution in [2.45, 2.75) is 58.9 Å². The molecule has 0 aromatic carbocycles. The number of nitrogens with one attached hydrogen (secondary N) is 1. The molecule has 3 heteroatoms. The Morgan fingerprint density at radius 1 is 1.24 bits per heavy atom. The van der Waals surface area contributed by atoms with Gasteiger partial charge in [-0.3, -0.25) is 0 Å². The van der Waals surface area contributed by atoms with Gasteiger partial charge in [-0.05, 0) is 33.4 Å². The maximum Gasteiger partial charge on any atom is 0.131 e. The number of nitrogens with zero attached hydrogens (tertiary/aromatic N) is 2. The van der Waals surface area contributed by atoms with Crippen molar-refractivity contribution in [2.24, 2.45) is 0 Å². The highest BCUT2D eigenvalue weighted by Crippen LogP contribution is 2.23. The van der Waals surface area contributed by atoms with Gasteiger partial charge in [0.05, 0.1) is 0 Å². The second-order valence-electron chi connectivity index (χ2n) is 5.04. The Labute approximate surface area is 105 Å². The molecule has 0 radical (unpaired) electrons. The lowest BCUT2D eigenvalue weighted by atomic mass is 9.93. The molecule has 2 unspecified atom stereocenters. The maximum absolute atomic E-state index is 4.72. The summed E-state index contributed by atoms with van der Waals surface area (Å²) >= 11 is 0. The van der Waals surface area contributed by atoms with E-state index in [1.54, 1.807) is 0 Å². The number of rotatable bonds is 5. The van der Waals surface area contributed by atoms with Gasteiger partial charge in [0, 0.05) is 29.3 Å². The lowest BCUT2D eigenvalue weighted by Gasteiger charge is -2.22. The van der Waals surface area contributed by atoms with Crippen molar-refractivity contribution < 1.29 is 0 Å². The number of hydrogen-bond donors (Lipinski definition) is 1. The van der Waals surface area contributed by atoms with E-state index in [4.69, 9.17) is 4.98 Å². The van der Waals surface area contributed by atoms with Crippen molar-refractivity contribution in [3.63, 3.8) is 0 Å². The Hall–Kier alpha value is -0.960. The van der Waals surface area contributed by atoms with Crippen molar-refractivity contribution in [3.05, 3.63) is 23.3 Å². The number of aryl methyl sites for hydroxylation is 1. The van der Waals surface area contributed by atoms with E-state index in [1.165, 1.54) is 5.69 Å². The highest BCUT2D eigenvalue weighted by molar-refractivity contribution is 5.17. The summed E-state index contributed by atoms with van der Waals surface area (Å²) in [5.74, 6) is 1.80. The second kappa shape index (κ2) is 6.10. The van der Waals surface area contributed by atoms with Crippen molar-refractivity contribution in [1.29, 1.82) is 0 Å². The molecule has 0 saturated heterocycles. The van der Waals surface area contributed by atoms with E-state index in [0.29, 0.717) is 17.9 Å². The fourth-order valence-electron chi connectivity index (χ4n) is 2.08. The van der Waals surface area contributed by atoms with Gasteiger partial charge in [-0.2, -0.15) is 0 Å². The third-order valence-corrected chi connectivity index (χ3v) is 3.29. The summed E-state index contributed by atoms with van der Waals surface area (Å²) in [4.78, 5) is 9.23. The van der Waals surface area contributed by atoms with Gasteiger partial charge in [0.15, 0.2) is 0 Å². The first-order chi connectivity index (χ1) is 7.99. The predicted molar refractivity (Wildman–Crippen MR) is 72.4 cm³/mol. The minimum atomic E-state index is 0.385. The Morgan fingerprint density at radius 2 is 1.88 bits per heavy atom. The lowest BCUT2D eigenvalue weighted by Crippen LogP contribution is -2.29. The van der Waals surface area contributed by atoms with Crippen LogP contribution in [-0.4, -0.2) is 23.1 Å². The van der Waals surface area contributed by atoms with E-state index in [9.17, 15) is 0 Å². The molecule has 1 aromatic heterocycles. The first-order valence-electron chi connectivity index (χ1n) is 6.52. The normalized spacial score (nSPS) is 15.0. The smallest absolute Gasteiger partial charge is 0.131 e. The molecule has 0 aliphatic heterocycles. The molecule has 1 heterocycles. The van der Waals surface area contributed by atoms with Gasteiger partial charge >= 0.3 is 0 Å². The van der Waals surface area contributed by atoms with E-state index in [-0.39, 0.29) is 0 Å². The first-order valence-corrected chi connectivity index (χ1v) is 6.52. The van der Waals surface area contributed by atoms with Crippen LogP contribution in [0.3, 0.4) is 0 Å². The average Bonchev–Trinajstić information content (AvgIpc) is 2.28. The highest BCUT2D eigenvalue weighted by Gasteiger charge is 2.19. The number of hydrogen-bond acceptors (Lipinski definition) is 3. The van der Waals surface area contributed by atoms with Crippen LogP contribution < -0.4 is 5.32 Å². The van der Waals surface area contributed by atoms with E-state index in [2.05, 4.69) is 44.1 Å². The first kappa shape index (κ1) is 14.1. The summed E-state index contributed by atoms with van der Waals surface area (Å²) in [6, 6.07) is 2.56. The molecule has 1 aromatic rings. The summed E-state index contributed by atoms with van der Waals surface area (Å²) in [7, 11) is 2.00. The molecule has 0 amide bonds. The van der Waals surface area contributed by atoms with Gasteiger partial charge in [0.1, 0.15) is 5.82 Å². The van der Waals surface area contributed by atoms with Crippen LogP contribution in [-0.2, 0) is 0 Å². The van der Waals surface area contributed by atoms with Crippen LogP contribution >= 0.6 is 0 Å². The van der Waals surface area contributed by atoms with Gasteiger partial charge in [0.2, 0.25) is 0 Å². The molecule has 1 rings (SSSR count). The van der Waals surface area contributed by atoms with Crippen LogP contribution in [0.2, 0.25) is 0 Å². The zero-order valence-corrected chi connectivity index (χ0v) is 11.9. The summed E-state index contributed by atoms with van der Waals surface area (Å²) < 4.78 is 0. The van der Waals surface area contributed by atoms with E-state index in [0.717, 1.165) is 17.9 Å². The van der Waals surface area contributed by atoms with Crippen LogP contribution in [0.4, 0.5) is 0 Å². The fourth-order valence-corrected chi connectivity index (χ4v) is 2.08. The standard InChI is InChI=1S/C14H25N3/c1-7-12(11(5)15-6)13-8-10(4)16-14(17-13)9(2)3/h8-9,11-12,15H,7H2,1-6H3. The molecule has 17 heavy (non-hydrogen) atoms. The summed E-state index contributed by atoms with van der Waals surface area (Å²) in [5, 5.41) is 3.32. The zero-order chi connectivity index (χ0) is 13.0. The molecular weight excluding hydrogens is 210 g/mol. The van der Waals surface area contributed by atoms with Gasteiger partial charge in [-0.25, -0.2) is 9.97 Å². The third-order valence-electron chi connectivity index (χ3n) is 3.29. The molecular formula is C14H25N3. The van der Waals surface area contributed by atoms with Crippen molar-refractivity contribution >= 4 is 0 Å². The van der Waals surface area contributed by atoms with Gasteiger partial charge in [-0.15, -0.1) is 0 Å². The summed E-state index contributed by atoms with van der Waals surface area (Å²) in [6.45, 7) is 10.8. The molecule has 2 atom stereocenters. The van der Waals surface area contributed by atoms with Gasteiger partial charge in [-0.1, -0.05) is 20.8 Å². The van der Waals surface area contributed by atoms with Crippen LogP contribution in [0.5, 0.6) is 0 Å². The molecule has 0 aliphatic carbocycles. The molecule has 0 spiro atoms. The molecule has 3 nitrogen and oxygen atoms in total. The molecule has 0 fully saturated rings. The van der Waals surface area contributed by atoms with Gasteiger partial charge < -0.3 is 5.32 Å². The SMILES string of the molecule is CCC(c1cc(C)nc(C(C)C)n1)C(C)NC. The highest BCUT2D eigenvalue weighted by atomic mass is 14.9. The Balaban J connectivity index is 3.11.